The molecule has 2 heterocycles. The minimum absolute atomic E-state index is 0.417. The van der Waals surface area contributed by atoms with Crippen molar-refractivity contribution in [1.29, 1.82) is 0 Å². The van der Waals surface area contributed by atoms with Gasteiger partial charge in [-0.2, -0.15) is 0 Å². The Balaban J connectivity index is 1.42. The summed E-state index contributed by atoms with van der Waals surface area (Å²) in [4.78, 5) is 4.67. The Morgan fingerprint density at radius 3 is 2.56 bits per heavy atom. The molecule has 2 aliphatic rings. The summed E-state index contributed by atoms with van der Waals surface area (Å²) in [6.07, 6.45) is 11.4. The topological polar surface area (TPSA) is 7.68 Å². The Hall–Kier alpha value is -1.54. The fourth-order valence-electron chi connectivity index (χ4n) is 3.61. The number of nitrogens with one attached hydrogen (secondary N) is 1. The van der Waals surface area contributed by atoms with E-state index in [-0.39, 0.29) is 0 Å². The molecule has 2 atom stereocenters. The first-order valence-electron chi connectivity index (χ1n) is 9.53. The first kappa shape index (κ1) is 18.8. The number of hydrogen-bond donors (Lipinski definition) is 1. The maximum absolute atomic E-state index is 2.45. The summed E-state index contributed by atoms with van der Waals surface area (Å²) in [5.41, 5.74) is 2.90. The molecule has 0 aliphatic carbocycles. The summed E-state index contributed by atoms with van der Waals surface area (Å²) < 4.78 is 4.51. The Morgan fingerprint density at radius 2 is 1.74 bits per heavy atom. The molecule has 2 unspecified atom stereocenters. The number of para-hydroxylation sites is 2. The standard InChI is InChI=1S/C23H24N2Se2/c1-3-24-18-12-8-10-14-20(18)26-22(24)16-6-5-7-17-23-25(4-2)19-13-9-11-15-21(19)27-23/h5-17,22H,3-4H2,1-2H3/p+1. The summed E-state index contributed by atoms with van der Waals surface area (Å²) in [5, 5.41) is 0. The molecule has 27 heavy (non-hydrogen) atoms. The van der Waals surface area contributed by atoms with Gasteiger partial charge in [0.05, 0.1) is 0 Å². The van der Waals surface area contributed by atoms with Crippen molar-refractivity contribution >= 4 is 50.2 Å². The summed E-state index contributed by atoms with van der Waals surface area (Å²) in [6.45, 7) is 6.70. The van der Waals surface area contributed by atoms with Crippen LogP contribution < -0.4 is 18.7 Å². The molecule has 0 fully saturated rings. The molecule has 2 aliphatic heterocycles. The molecule has 0 saturated carbocycles. The van der Waals surface area contributed by atoms with Gasteiger partial charge in [-0.05, 0) is 0 Å². The van der Waals surface area contributed by atoms with Gasteiger partial charge in [-0.25, -0.2) is 0 Å². The number of hydrogen-bond acceptors (Lipinski definition) is 1. The second kappa shape index (κ2) is 8.64. The number of quaternary nitrogens is 1. The molecule has 0 spiro atoms. The van der Waals surface area contributed by atoms with Crippen molar-refractivity contribution in [3.05, 3.63) is 83.5 Å². The van der Waals surface area contributed by atoms with Crippen LogP contribution in [-0.2, 0) is 0 Å². The first-order chi connectivity index (χ1) is 13.3. The van der Waals surface area contributed by atoms with Crippen molar-refractivity contribution in [3.63, 3.8) is 0 Å². The predicted molar refractivity (Wildman–Crippen MR) is 118 cm³/mol. The second-order valence-electron chi connectivity index (χ2n) is 6.50. The quantitative estimate of drug-likeness (QED) is 0.499. The van der Waals surface area contributed by atoms with Gasteiger partial charge in [0.1, 0.15) is 0 Å². The van der Waals surface area contributed by atoms with Gasteiger partial charge in [0.15, 0.2) is 0 Å². The molecule has 0 aromatic heterocycles. The van der Waals surface area contributed by atoms with E-state index in [1.807, 2.05) is 0 Å². The number of likely N-dealkylation sites (N-methyl/N-ethyl adjacent to an activating group) is 1. The molecular weight excluding hydrogens is 462 g/mol. The molecule has 138 valence electrons. The van der Waals surface area contributed by atoms with Gasteiger partial charge in [-0.15, -0.1) is 0 Å². The molecular formula is C23H25N2Se2+. The third-order valence-corrected chi connectivity index (χ3v) is 10.0. The van der Waals surface area contributed by atoms with Crippen LogP contribution in [0.4, 0.5) is 11.4 Å². The van der Waals surface area contributed by atoms with Gasteiger partial charge in [0.25, 0.3) is 0 Å². The van der Waals surface area contributed by atoms with Crippen molar-refractivity contribution in [1.82, 2.24) is 0 Å². The SMILES string of the molecule is CCN1C(=CC=CC=CC2[Se]c3ccccc3[NH+]2CC)[Se]c2ccccc21. The zero-order valence-corrected chi connectivity index (χ0v) is 19.2. The Kier molecular flexibility index (Phi) is 6.02. The van der Waals surface area contributed by atoms with Crippen LogP contribution in [0.25, 0.3) is 0 Å². The summed E-state index contributed by atoms with van der Waals surface area (Å²) in [5.74, 6) is 0. The second-order valence-corrected chi connectivity index (χ2v) is 11.2. The molecule has 0 amide bonds. The van der Waals surface area contributed by atoms with Crippen LogP contribution in [0.1, 0.15) is 13.8 Å². The van der Waals surface area contributed by atoms with Gasteiger partial charge in [-0.3, -0.25) is 0 Å². The van der Waals surface area contributed by atoms with Gasteiger partial charge < -0.3 is 0 Å². The molecule has 2 aromatic rings. The fraction of sp³-hybridized carbons (Fsp3) is 0.217. The van der Waals surface area contributed by atoms with E-state index >= 15 is 0 Å². The molecule has 2 aromatic carbocycles. The Morgan fingerprint density at radius 1 is 0.963 bits per heavy atom. The van der Waals surface area contributed by atoms with Crippen LogP contribution in [0.5, 0.6) is 0 Å². The van der Waals surface area contributed by atoms with E-state index in [2.05, 4.69) is 97.7 Å². The molecule has 0 bridgehead atoms. The van der Waals surface area contributed by atoms with Crippen LogP contribution in [-0.4, -0.2) is 47.9 Å². The minimum atomic E-state index is 0.417. The average Bonchev–Trinajstić information content (AvgIpc) is 3.24. The van der Waals surface area contributed by atoms with Crippen molar-refractivity contribution < 1.29 is 4.90 Å². The molecule has 2 nitrogen and oxygen atoms in total. The van der Waals surface area contributed by atoms with Gasteiger partial charge >= 0.3 is 175 Å². The Bertz CT molecular complexity index is 901. The molecule has 4 heteroatoms. The van der Waals surface area contributed by atoms with Gasteiger partial charge in [0.2, 0.25) is 0 Å². The number of allylic oxidation sites excluding steroid dienone is 4. The number of fused-ring (bicyclic) bond motifs is 2. The van der Waals surface area contributed by atoms with Crippen molar-refractivity contribution in [2.75, 3.05) is 18.0 Å². The van der Waals surface area contributed by atoms with E-state index in [0.717, 1.165) is 13.1 Å². The van der Waals surface area contributed by atoms with Gasteiger partial charge in [0, 0.05) is 0 Å². The first-order valence-corrected chi connectivity index (χ1v) is 13.1. The maximum atomic E-state index is 2.45. The third-order valence-electron chi connectivity index (χ3n) is 4.91. The van der Waals surface area contributed by atoms with E-state index in [1.165, 1.54) is 20.4 Å². The van der Waals surface area contributed by atoms with Crippen LogP contribution >= 0.6 is 0 Å². The van der Waals surface area contributed by atoms with Crippen molar-refractivity contribution in [3.8, 4) is 0 Å². The average molecular weight is 487 g/mol. The fourth-order valence-corrected chi connectivity index (χ4v) is 8.86. The number of anilines is 1. The summed E-state index contributed by atoms with van der Waals surface area (Å²) in [7, 11) is 0. The van der Waals surface area contributed by atoms with E-state index in [4.69, 9.17) is 0 Å². The number of nitrogens with zero attached hydrogens (tertiary/aromatic N) is 1. The predicted octanol–water partition coefficient (Wildman–Crippen LogP) is 1.72. The molecule has 0 saturated heterocycles. The normalized spacial score (nSPS) is 22.9. The zero-order chi connectivity index (χ0) is 18.6. The Labute approximate surface area is 175 Å². The van der Waals surface area contributed by atoms with E-state index < -0.39 is 0 Å². The van der Waals surface area contributed by atoms with Crippen molar-refractivity contribution in [2.45, 2.75) is 18.8 Å². The van der Waals surface area contributed by atoms with Gasteiger partial charge in [-0.1, -0.05) is 0 Å². The monoisotopic (exact) mass is 489 g/mol. The summed E-state index contributed by atoms with van der Waals surface area (Å²) in [6, 6.07) is 17.7. The summed E-state index contributed by atoms with van der Waals surface area (Å²) >= 11 is 0.944. The molecule has 0 radical (unpaired) electrons. The molecule has 4 rings (SSSR count). The van der Waals surface area contributed by atoms with Crippen LogP contribution in [0.3, 0.4) is 0 Å². The van der Waals surface area contributed by atoms with Crippen molar-refractivity contribution in [2.24, 2.45) is 0 Å². The zero-order valence-electron chi connectivity index (χ0n) is 15.8. The third kappa shape index (κ3) is 3.87. The van der Waals surface area contributed by atoms with E-state index in [0.29, 0.717) is 34.9 Å². The number of benzene rings is 2. The molecule has 1 N–H and O–H groups in total. The number of rotatable bonds is 5. The van der Waals surface area contributed by atoms with E-state index in [1.54, 1.807) is 9.36 Å². The van der Waals surface area contributed by atoms with Crippen LogP contribution in [0.2, 0.25) is 0 Å². The van der Waals surface area contributed by atoms with E-state index in [9.17, 15) is 0 Å². The van der Waals surface area contributed by atoms with Crippen LogP contribution in [0.15, 0.2) is 83.5 Å². The van der Waals surface area contributed by atoms with Crippen LogP contribution in [0, 0.1) is 0 Å².